The predicted molar refractivity (Wildman–Crippen MR) is 163 cm³/mol. The smallest absolute Gasteiger partial charge is 0.338 e. The van der Waals surface area contributed by atoms with Crippen LogP contribution in [0.2, 0.25) is 23.2 Å². The molecule has 4 rings (SSSR count). The Kier molecular flexibility index (Phi) is 9.15. The molecule has 2 atom stereocenters. The van der Waals surface area contributed by atoms with E-state index in [0.717, 1.165) is 6.07 Å². The molecule has 2 aliphatic rings. The summed E-state index contributed by atoms with van der Waals surface area (Å²) in [7, 11) is -3.53. The van der Waals surface area contributed by atoms with E-state index >= 15 is 0 Å². The lowest BCUT2D eigenvalue weighted by atomic mass is 9.86. The van der Waals surface area contributed by atoms with Gasteiger partial charge in [0.1, 0.15) is 6.04 Å². The summed E-state index contributed by atoms with van der Waals surface area (Å²) in [6.07, 6.45) is 4.49. The molecule has 3 heterocycles. The standard InChI is InChI=1S/C27H36ClF2N5O3S2Si/c1-27(2,3)41(6,7)34-40(5,37)35-13-10-16(11-14-35)22-19(26(36)38-4)23(17-8-9-18(29)21(30)20(17)28)33-24(32-22)25-31-12-15-39-25/h8-9,12,15-16,23H,10-11,13-14H2,1-7H3,(H,32,33). The molecule has 0 aliphatic carbocycles. The van der Waals surface area contributed by atoms with Crippen molar-refractivity contribution in [2.24, 2.45) is 14.9 Å². The molecule has 41 heavy (non-hydrogen) atoms. The van der Waals surface area contributed by atoms with Crippen LogP contribution in [0.5, 0.6) is 0 Å². The quantitative estimate of drug-likeness (QED) is 0.226. The predicted octanol–water partition coefficient (Wildman–Crippen LogP) is 6.32. The Bertz CT molecular complexity index is 1510. The molecule has 2 aliphatic heterocycles. The minimum absolute atomic E-state index is 0.0437. The minimum atomic E-state index is -2.61. The maximum absolute atomic E-state index is 14.6. The number of aliphatic imine (C=N–C) groups is 1. The van der Waals surface area contributed by atoms with E-state index in [9.17, 15) is 17.8 Å². The number of piperidine rings is 1. The van der Waals surface area contributed by atoms with Crippen molar-refractivity contribution in [3.8, 4) is 0 Å². The number of halogens is 3. The van der Waals surface area contributed by atoms with Crippen molar-refractivity contribution >= 4 is 52.9 Å². The number of carbonyl (C=O) groups excluding carboxylic acids is 1. The number of allylic oxidation sites excluding steroid dienone is 1. The van der Waals surface area contributed by atoms with Crippen molar-refractivity contribution in [2.45, 2.75) is 57.8 Å². The van der Waals surface area contributed by atoms with Crippen LogP contribution in [0.1, 0.15) is 50.2 Å². The van der Waals surface area contributed by atoms with Gasteiger partial charge in [-0.25, -0.2) is 27.1 Å². The third-order valence-electron chi connectivity index (χ3n) is 8.05. The fourth-order valence-electron chi connectivity index (χ4n) is 4.75. The number of ether oxygens (including phenoxy) is 1. The van der Waals surface area contributed by atoms with Gasteiger partial charge in [-0.15, -0.1) is 11.3 Å². The largest absolute Gasteiger partial charge is 0.466 e. The Morgan fingerprint density at radius 2 is 1.93 bits per heavy atom. The zero-order chi connectivity index (χ0) is 30.3. The van der Waals surface area contributed by atoms with E-state index < -0.39 is 46.8 Å². The second-order valence-electron chi connectivity index (χ2n) is 11.8. The van der Waals surface area contributed by atoms with Crippen LogP contribution in [0.3, 0.4) is 0 Å². The summed E-state index contributed by atoms with van der Waals surface area (Å²) in [4.78, 5) is 22.3. The summed E-state index contributed by atoms with van der Waals surface area (Å²) in [5.41, 5.74) is 0.870. The van der Waals surface area contributed by atoms with E-state index in [4.69, 9.17) is 25.4 Å². The van der Waals surface area contributed by atoms with Crippen molar-refractivity contribution in [3.63, 3.8) is 0 Å². The number of esters is 1. The van der Waals surface area contributed by atoms with Crippen LogP contribution in [0.25, 0.3) is 0 Å². The first-order chi connectivity index (χ1) is 19.1. The summed E-state index contributed by atoms with van der Waals surface area (Å²) in [6, 6.07) is 1.24. The maximum Gasteiger partial charge on any atom is 0.338 e. The van der Waals surface area contributed by atoms with Crippen molar-refractivity contribution in [3.05, 3.63) is 62.2 Å². The molecule has 0 bridgehead atoms. The lowest BCUT2D eigenvalue weighted by Gasteiger charge is -2.38. The topological polar surface area (TPSA) is 96.2 Å². The second kappa shape index (κ2) is 11.8. The molecule has 0 radical (unpaired) electrons. The van der Waals surface area contributed by atoms with Crippen LogP contribution in [0.4, 0.5) is 8.78 Å². The van der Waals surface area contributed by atoms with Crippen LogP contribution >= 0.6 is 22.9 Å². The van der Waals surface area contributed by atoms with Crippen LogP contribution in [0.15, 0.2) is 44.0 Å². The number of hydrogen-bond donors (Lipinski definition) is 1. The van der Waals surface area contributed by atoms with Gasteiger partial charge < -0.3 is 10.1 Å². The minimum Gasteiger partial charge on any atom is -0.466 e. The van der Waals surface area contributed by atoms with Crippen LogP contribution in [-0.4, -0.2) is 60.0 Å². The van der Waals surface area contributed by atoms with Crippen molar-refractivity contribution in [2.75, 3.05) is 26.5 Å². The molecule has 224 valence electrons. The molecule has 1 fully saturated rings. The van der Waals surface area contributed by atoms with Gasteiger partial charge in [-0.3, -0.25) is 9.02 Å². The Hall–Kier alpha value is -2.19. The molecule has 1 N–H and O–H groups in total. The lowest BCUT2D eigenvalue weighted by molar-refractivity contribution is -0.136. The number of nitrogens with zero attached hydrogens (tertiary/aromatic N) is 4. The van der Waals surface area contributed by atoms with Crippen molar-refractivity contribution in [1.29, 1.82) is 0 Å². The zero-order valence-electron chi connectivity index (χ0n) is 24.3. The van der Waals surface area contributed by atoms with Gasteiger partial charge in [-0.1, -0.05) is 38.4 Å². The molecule has 2 unspecified atom stereocenters. The average Bonchev–Trinajstić information content (AvgIpc) is 3.45. The van der Waals surface area contributed by atoms with Crippen LogP contribution in [0, 0.1) is 17.6 Å². The molecule has 1 aromatic heterocycles. The molecule has 0 saturated carbocycles. The van der Waals surface area contributed by atoms with Gasteiger partial charge in [0.05, 0.1) is 27.6 Å². The summed E-state index contributed by atoms with van der Waals surface area (Å²) in [5.74, 6) is -2.74. The number of aromatic nitrogens is 1. The van der Waals surface area contributed by atoms with Gasteiger partial charge in [0.25, 0.3) is 0 Å². The lowest BCUT2D eigenvalue weighted by Crippen LogP contribution is -2.44. The first-order valence-electron chi connectivity index (χ1n) is 13.3. The van der Waals surface area contributed by atoms with E-state index in [1.54, 1.807) is 17.8 Å². The third-order valence-corrected chi connectivity index (χ3v) is 17.4. The first-order valence-corrected chi connectivity index (χ1v) is 19.3. The SMILES string of the molecule is COC(=O)C1=C(C2CCN(S(C)(=O)=N[Si](C)(C)C(C)(C)C)CC2)NC(c2nccs2)=NC1c1ccc(F)c(F)c1Cl. The van der Waals surface area contributed by atoms with Crippen molar-refractivity contribution in [1.82, 2.24) is 14.6 Å². The molecular weight excluding hydrogens is 608 g/mol. The van der Waals surface area contributed by atoms with Gasteiger partial charge in [-0.05, 0) is 37.0 Å². The summed E-state index contributed by atoms with van der Waals surface area (Å²) in [6.45, 7) is 11.7. The Balaban J connectivity index is 1.75. The van der Waals surface area contributed by atoms with Gasteiger partial charge in [0.15, 0.2) is 30.7 Å². The monoisotopic (exact) mass is 643 g/mol. The Labute approximate surface area is 250 Å². The molecule has 1 aromatic carbocycles. The van der Waals surface area contributed by atoms with Gasteiger partial charge in [0.2, 0.25) is 0 Å². The van der Waals surface area contributed by atoms with E-state index in [1.165, 1.54) is 24.5 Å². The van der Waals surface area contributed by atoms with Gasteiger partial charge in [0, 0.05) is 48.1 Å². The average molecular weight is 644 g/mol. The summed E-state index contributed by atoms with van der Waals surface area (Å²) in [5, 5.41) is 5.17. The zero-order valence-corrected chi connectivity index (χ0v) is 27.6. The second-order valence-corrected chi connectivity index (χ2v) is 20.5. The number of thiazole rings is 1. The molecule has 14 heteroatoms. The molecule has 2 aromatic rings. The third kappa shape index (κ3) is 6.43. The van der Waals surface area contributed by atoms with E-state index in [1.807, 2.05) is 4.31 Å². The fourth-order valence-corrected chi connectivity index (χ4v) is 11.4. The number of hydrogen-bond acceptors (Lipinski definition) is 8. The highest BCUT2D eigenvalue weighted by Gasteiger charge is 2.40. The summed E-state index contributed by atoms with van der Waals surface area (Å²) >= 11 is 7.61. The van der Waals surface area contributed by atoms with E-state index in [2.05, 4.69) is 44.2 Å². The number of amidine groups is 1. The Morgan fingerprint density at radius 3 is 2.49 bits per heavy atom. The molecule has 8 nitrogen and oxygen atoms in total. The van der Waals surface area contributed by atoms with Crippen molar-refractivity contribution < 1.29 is 22.5 Å². The van der Waals surface area contributed by atoms with Crippen LogP contribution in [-0.2, 0) is 19.4 Å². The molecule has 0 amide bonds. The molecule has 1 saturated heterocycles. The number of benzene rings is 1. The highest BCUT2D eigenvalue weighted by molar-refractivity contribution is 7.91. The molecular formula is C27H36ClF2N5O3S2Si. The number of methoxy groups -OCH3 is 1. The highest BCUT2D eigenvalue weighted by Crippen LogP contribution is 2.42. The maximum atomic E-state index is 14.6. The highest BCUT2D eigenvalue weighted by atomic mass is 35.5. The van der Waals surface area contributed by atoms with Gasteiger partial charge >= 0.3 is 5.97 Å². The fraction of sp³-hybridized carbons (Fsp3) is 0.519. The first kappa shape index (κ1) is 31.7. The van der Waals surface area contributed by atoms with E-state index in [0.29, 0.717) is 42.5 Å². The number of nitrogens with one attached hydrogen (secondary N) is 1. The summed E-state index contributed by atoms with van der Waals surface area (Å²) < 4.78 is 54.4. The Morgan fingerprint density at radius 1 is 1.27 bits per heavy atom. The van der Waals surface area contributed by atoms with E-state index in [-0.39, 0.29) is 22.1 Å². The normalized spacial score (nSPS) is 20.7. The van der Waals surface area contributed by atoms with Gasteiger partial charge in [-0.2, -0.15) is 0 Å². The van der Waals surface area contributed by atoms with Crippen LogP contribution < -0.4 is 5.32 Å². The number of carbonyl (C=O) groups is 1. The molecule has 0 spiro atoms. The number of rotatable bonds is 6.